The fourth-order valence-electron chi connectivity index (χ4n) is 5.41. The normalized spacial score (nSPS) is 21.1. The number of nitrogens with one attached hydrogen (secondary N) is 1. The van der Waals surface area contributed by atoms with Gasteiger partial charge in [-0.05, 0) is 74.4 Å². The van der Waals surface area contributed by atoms with E-state index in [2.05, 4.69) is 29.3 Å². The number of carbonyl (C=O) groups is 1. The van der Waals surface area contributed by atoms with Crippen molar-refractivity contribution in [1.29, 1.82) is 0 Å². The molecule has 1 aliphatic heterocycles. The quantitative estimate of drug-likeness (QED) is 0.516. The first-order chi connectivity index (χ1) is 15.7. The number of likely N-dealkylation sites (tertiary alicyclic amines) is 1. The van der Waals surface area contributed by atoms with Crippen LogP contribution in [-0.2, 0) is 10.2 Å². The second kappa shape index (κ2) is 11.0. The third kappa shape index (κ3) is 5.72. The monoisotopic (exact) mass is 434 g/mol. The van der Waals surface area contributed by atoms with Gasteiger partial charge in [-0.15, -0.1) is 0 Å². The molecule has 32 heavy (non-hydrogen) atoms. The van der Waals surface area contributed by atoms with Crippen molar-refractivity contribution in [2.75, 3.05) is 31.6 Å². The molecule has 2 aromatic carbocycles. The number of hydrogen-bond donors (Lipinski definition) is 1. The fraction of sp³-hybridized carbons (Fsp3) is 0.536. The van der Waals surface area contributed by atoms with Gasteiger partial charge in [-0.25, -0.2) is 0 Å². The van der Waals surface area contributed by atoms with Gasteiger partial charge >= 0.3 is 0 Å². The van der Waals surface area contributed by atoms with Gasteiger partial charge in [-0.3, -0.25) is 4.79 Å². The third-order valence-electron chi connectivity index (χ3n) is 7.21. The van der Waals surface area contributed by atoms with Crippen LogP contribution in [0.25, 0.3) is 0 Å². The molecule has 0 radical (unpaired) electrons. The van der Waals surface area contributed by atoms with Crippen molar-refractivity contribution < 1.29 is 9.53 Å². The van der Waals surface area contributed by atoms with E-state index < -0.39 is 5.41 Å². The molecule has 0 spiro atoms. The van der Waals surface area contributed by atoms with Gasteiger partial charge in [0.2, 0.25) is 5.91 Å². The highest BCUT2D eigenvalue weighted by Crippen LogP contribution is 2.40. The molecule has 4 rings (SSSR count). The lowest BCUT2D eigenvalue weighted by Gasteiger charge is -2.36. The maximum atomic E-state index is 13.4. The van der Waals surface area contributed by atoms with Gasteiger partial charge in [0.15, 0.2) is 0 Å². The molecule has 4 heteroatoms. The van der Waals surface area contributed by atoms with E-state index in [1.54, 1.807) is 0 Å². The lowest BCUT2D eigenvalue weighted by molar-refractivity contribution is -0.122. The zero-order valence-electron chi connectivity index (χ0n) is 19.5. The second-order valence-corrected chi connectivity index (χ2v) is 9.74. The minimum Gasteiger partial charge on any atom is -0.494 e. The van der Waals surface area contributed by atoms with Crippen LogP contribution in [0.4, 0.5) is 5.69 Å². The van der Waals surface area contributed by atoms with Gasteiger partial charge < -0.3 is 15.0 Å². The number of hydrogen-bond acceptors (Lipinski definition) is 3. The van der Waals surface area contributed by atoms with Crippen LogP contribution < -0.4 is 10.1 Å². The number of anilines is 1. The molecule has 1 aliphatic carbocycles. The average molecular weight is 435 g/mol. The number of rotatable bonds is 8. The maximum Gasteiger partial charge on any atom is 0.235 e. The molecule has 4 nitrogen and oxygen atoms in total. The van der Waals surface area contributed by atoms with Gasteiger partial charge in [-0.1, -0.05) is 56.5 Å². The summed E-state index contributed by atoms with van der Waals surface area (Å²) in [6, 6.07) is 18.2. The molecule has 1 atom stereocenters. The zero-order valence-corrected chi connectivity index (χ0v) is 19.5. The van der Waals surface area contributed by atoms with Crippen LogP contribution in [0.15, 0.2) is 54.6 Å². The number of benzene rings is 2. The summed E-state index contributed by atoms with van der Waals surface area (Å²) in [7, 11) is 0. The second-order valence-electron chi connectivity index (χ2n) is 9.74. The molecule has 1 heterocycles. The van der Waals surface area contributed by atoms with E-state index in [1.165, 1.54) is 32.4 Å². The van der Waals surface area contributed by atoms with Crippen LogP contribution in [0.2, 0.25) is 0 Å². The van der Waals surface area contributed by atoms with E-state index >= 15 is 0 Å². The smallest absolute Gasteiger partial charge is 0.235 e. The van der Waals surface area contributed by atoms with Crippen LogP contribution in [0, 0.1) is 5.92 Å². The van der Waals surface area contributed by atoms with Gasteiger partial charge in [0.05, 0.1) is 12.0 Å². The lowest BCUT2D eigenvalue weighted by atomic mass is 9.68. The molecule has 0 unspecified atom stereocenters. The van der Waals surface area contributed by atoms with Crippen molar-refractivity contribution in [3.05, 3.63) is 60.2 Å². The molecule has 1 saturated carbocycles. The largest absolute Gasteiger partial charge is 0.494 e. The minimum absolute atomic E-state index is 0.118. The first kappa shape index (κ1) is 22.8. The Morgan fingerprint density at radius 3 is 2.50 bits per heavy atom. The zero-order chi connectivity index (χ0) is 22.2. The average Bonchev–Trinajstić information content (AvgIpc) is 2.84. The predicted molar refractivity (Wildman–Crippen MR) is 131 cm³/mol. The van der Waals surface area contributed by atoms with Crippen LogP contribution in [0.1, 0.15) is 63.9 Å². The Morgan fingerprint density at radius 1 is 1.03 bits per heavy atom. The van der Waals surface area contributed by atoms with Crippen LogP contribution in [0.5, 0.6) is 5.75 Å². The molecule has 0 aromatic heterocycles. The van der Waals surface area contributed by atoms with Crippen LogP contribution in [0.3, 0.4) is 0 Å². The molecule has 1 N–H and O–H groups in total. The Hall–Kier alpha value is -2.33. The summed E-state index contributed by atoms with van der Waals surface area (Å²) in [6.07, 6.45) is 8.98. The predicted octanol–water partition coefficient (Wildman–Crippen LogP) is 6.03. The van der Waals surface area contributed by atoms with Gasteiger partial charge in [0.1, 0.15) is 5.75 Å². The standard InChI is InChI=1S/C28H38N2O2/c1-23-10-8-19-30(22-23)20-9-21-32-26-15-13-25(14-16-26)29-27(31)28(17-6-3-7-18-28)24-11-4-2-5-12-24/h2,4-5,11-16,23H,3,6-10,17-22H2,1H3,(H,29,31)/t23-/m1/s1. The van der Waals surface area contributed by atoms with Crippen molar-refractivity contribution in [1.82, 2.24) is 4.90 Å². The van der Waals surface area contributed by atoms with Crippen molar-refractivity contribution in [3.63, 3.8) is 0 Å². The van der Waals surface area contributed by atoms with Gasteiger partial charge in [-0.2, -0.15) is 0 Å². The van der Waals surface area contributed by atoms with E-state index in [4.69, 9.17) is 4.74 Å². The van der Waals surface area contributed by atoms with Crippen molar-refractivity contribution in [2.45, 2.75) is 63.7 Å². The summed E-state index contributed by atoms with van der Waals surface area (Å²) >= 11 is 0. The Balaban J connectivity index is 1.29. The molecule has 1 amide bonds. The highest BCUT2D eigenvalue weighted by Gasteiger charge is 2.41. The van der Waals surface area contributed by atoms with Crippen LogP contribution >= 0.6 is 0 Å². The summed E-state index contributed by atoms with van der Waals surface area (Å²) in [5.41, 5.74) is 1.56. The van der Waals surface area contributed by atoms with Gasteiger partial charge in [0.25, 0.3) is 0 Å². The molecular formula is C28H38N2O2. The number of amides is 1. The summed E-state index contributed by atoms with van der Waals surface area (Å²) in [4.78, 5) is 16.0. The Bertz CT molecular complexity index is 843. The van der Waals surface area contributed by atoms with Crippen molar-refractivity contribution in [2.24, 2.45) is 5.92 Å². The summed E-state index contributed by atoms with van der Waals surface area (Å²) in [5, 5.41) is 3.19. The van der Waals surface area contributed by atoms with E-state index in [1.807, 2.05) is 42.5 Å². The minimum atomic E-state index is -0.416. The Morgan fingerprint density at radius 2 is 1.78 bits per heavy atom. The van der Waals surface area contributed by atoms with E-state index in [0.717, 1.165) is 68.2 Å². The lowest BCUT2D eigenvalue weighted by Crippen LogP contribution is -2.42. The summed E-state index contributed by atoms with van der Waals surface area (Å²) in [6.45, 7) is 6.63. The topological polar surface area (TPSA) is 41.6 Å². The highest BCUT2D eigenvalue weighted by atomic mass is 16.5. The fourth-order valence-corrected chi connectivity index (χ4v) is 5.41. The SMILES string of the molecule is C[C@@H]1CCCN(CCCOc2ccc(NC(=O)C3(c4ccccc4)CCCCC3)cc2)C1. The van der Waals surface area contributed by atoms with Crippen LogP contribution in [-0.4, -0.2) is 37.0 Å². The molecule has 2 aromatic rings. The first-order valence-electron chi connectivity index (χ1n) is 12.5. The molecule has 1 saturated heterocycles. The molecular weight excluding hydrogens is 396 g/mol. The van der Waals surface area contributed by atoms with E-state index in [9.17, 15) is 4.79 Å². The Kier molecular flexibility index (Phi) is 7.85. The van der Waals surface area contributed by atoms with Crippen molar-refractivity contribution >= 4 is 11.6 Å². The Labute approximate surface area is 193 Å². The molecule has 0 bridgehead atoms. The first-order valence-corrected chi connectivity index (χ1v) is 12.5. The number of ether oxygens (including phenoxy) is 1. The number of piperidine rings is 1. The number of nitrogens with zero attached hydrogens (tertiary/aromatic N) is 1. The molecule has 2 fully saturated rings. The van der Waals surface area contributed by atoms with E-state index in [-0.39, 0.29) is 5.91 Å². The third-order valence-corrected chi connectivity index (χ3v) is 7.21. The molecule has 172 valence electrons. The van der Waals surface area contributed by atoms with Gasteiger partial charge in [0, 0.05) is 18.8 Å². The maximum absolute atomic E-state index is 13.4. The van der Waals surface area contributed by atoms with Crippen molar-refractivity contribution in [3.8, 4) is 5.75 Å². The molecule has 2 aliphatic rings. The number of carbonyl (C=O) groups excluding carboxylic acids is 1. The summed E-state index contributed by atoms with van der Waals surface area (Å²) < 4.78 is 5.95. The summed E-state index contributed by atoms with van der Waals surface area (Å²) in [5.74, 6) is 1.81. The van der Waals surface area contributed by atoms with E-state index in [0.29, 0.717) is 0 Å². The highest BCUT2D eigenvalue weighted by molar-refractivity contribution is 5.99.